The Morgan fingerprint density at radius 2 is 1.93 bits per heavy atom. The lowest BCUT2D eigenvalue weighted by Crippen LogP contribution is -2.30. The molecule has 9 heteroatoms. The van der Waals surface area contributed by atoms with Crippen LogP contribution >= 0.6 is 11.6 Å². The predicted octanol–water partition coefficient (Wildman–Crippen LogP) is 2.88. The van der Waals surface area contributed by atoms with Gasteiger partial charge in [-0.15, -0.1) is 0 Å². The summed E-state index contributed by atoms with van der Waals surface area (Å²) in [5.74, 6) is -3.83. The highest BCUT2D eigenvalue weighted by Crippen LogP contribution is 2.32. The smallest absolute Gasteiger partial charge is 0.322 e. The zero-order valence-electron chi connectivity index (χ0n) is 15.2. The molecule has 0 fully saturated rings. The average Bonchev–Trinajstić information content (AvgIpc) is 2.91. The number of carbonyl (C=O) groups is 3. The molecule has 150 valence electrons. The van der Waals surface area contributed by atoms with Crippen LogP contribution in [-0.2, 0) is 16.0 Å². The number of aromatic hydroxyl groups is 1. The summed E-state index contributed by atoms with van der Waals surface area (Å²) in [6.45, 7) is 1.02. The molecule has 3 aromatic rings. The second-order valence-corrected chi connectivity index (χ2v) is 6.82. The van der Waals surface area contributed by atoms with Crippen molar-refractivity contribution < 1.29 is 29.0 Å². The maximum atomic E-state index is 14.0. The van der Waals surface area contributed by atoms with Crippen LogP contribution in [0.15, 0.2) is 36.4 Å². The number of aromatic nitrogens is 1. The number of hydrogen-bond acceptors (Lipinski definition) is 4. The molecule has 29 heavy (non-hydrogen) atoms. The summed E-state index contributed by atoms with van der Waals surface area (Å²) >= 11 is 5.96. The Bertz CT molecular complexity index is 1160. The van der Waals surface area contributed by atoms with E-state index in [2.05, 4.69) is 5.32 Å². The molecule has 3 N–H and O–H groups in total. The van der Waals surface area contributed by atoms with Gasteiger partial charge in [-0.3, -0.25) is 19.0 Å². The van der Waals surface area contributed by atoms with Gasteiger partial charge in [0.1, 0.15) is 6.54 Å². The number of amides is 1. The van der Waals surface area contributed by atoms with Crippen molar-refractivity contribution in [2.75, 3.05) is 6.54 Å². The standard InChI is InChI=1S/C20H16ClFN2O5/c1-10-13(7-18(26)23-9-19(27)28)14-6-17(25)15(22)8-16(14)24(10)20(29)11-3-2-4-12(21)5-11/h2-6,8,25H,7,9H2,1H3,(H,23,26)(H,27,28). The van der Waals surface area contributed by atoms with E-state index in [1.165, 1.54) is 10.6 Å². The number of phenols is 1. The van der Waals surface area contributed by atoms with Crippen LogP contribution in [0.4, 0.5) is 4.39 Å². The fourth-order valence-corrected chi connectivity index (χ4v) is 3.31. The Labute approximate surface area is 169 Å². The molecule has 0 aliphatic rings. The van der Waals surface area contributed by atoms with Gasteiger partial charge in [-0.05, 0) is 36.8 Å². The van der Waals surface area contributed by atoms with Crippen LogP contribution in [-0.4, -0.2) is 39.1 Å². The number of benzene rings is 2. The van der Waals surface area contributed by atoms with Gasteiger partial charge in [-0.25, -0.2) is 4.39 Å². The van der Waals surface area contributed by atoms with Gasteiger partial charge in [0.2, 0.25) is 5.91 Å². The molecule has 2 aromatic carbocycles. The van der Waals surface area contributed by atoms with E-state index in [-0.39, 0.29) is 17.5 Å². The van der Waals surface area contributed by atoms with E-state index >= 15 is 0 Å². The van der Waals surface area contributed by atoms with Crippen molar-refractivity contribution in [3.05, 3.63) is 64.1 Å². The van der Waals surface area contributed by atoms with Crippen molar-refractivity contribution in [2.24, 2.45) is 0 Å². The van der Waals surface area contributed by atoms with E-state index in [1.54, 1.807) is 25.1 Å². The van der Waals surface area contributed by atoms with Crippen molar-refractivity contribution in [1.29, 1.82) is 0 Å². The normalized spacial score (nSPS) is 10.9. The fraction of sp³-hybridized carbons (Fsp3) is 0.150. The Morgan fingerprint density at radius 3 is 2.59 bits per heavy atom. The number of aliphatic carboxylic acids is 1. The SMILES string of the molecule is Cc1c(CC(=O)NCC(=O)O)c2cc(O)c(F)cc2n1C(=O)c1cccc(Cl)c1. The number of carboxylic acid groups (broad SMARTS) is 1. The lowest BCUT2D eigenvalue weighted by molar-refractivity contribution is -0.137. The minimum absolute atomic E-state index is 0.170. The number of phenolic OH excluding ortho intramolecular Hbond substituents is 1. The van der Waals surface area contributed by atoms with Crippen LogP contribution in [0.2, 0.25) is 5.02 Å². The molecule has 0 atom stereocenters. The Hall–Kier alpha value is -3.39. The van der Waals surface area contributed by atoms with Gasteiger partial charge in [0.25, 0.3) is 5.91 Å². The van der Waals surface area contributed by atoms with Gasteiger partial charge in [0, 0.05) is 27.7 Å². The maximum Gasteiger partial charge on any atom is 0.322 e. The molecule has 0 saturated carbocycles. The number of halogens is 2. The van der Waals surface area contributed by atoms with E-state index < -0.39 is 35.9 Å². The lowest BCUT2D eigenvalue weighted by Gasteiger charge is -2.08. The highest BCUT2D eigenvalue weighted by molar-refractivity contribution is 6.31. The molecule has 0 saturated heterocycles. The summed E-state index contributed by atoms with van der Waals surface area (Å²) in [4.78, 5) is 35.9. The lowest BCUT2D eigenvalue weighted by atomic mass is 10.1. The van der Waals surface area contributed by atoms with Crippen molar-refractivity contribution in [2.45, 2.75) is 13.3 Å². The average molecular weight is 419 g/mol. The summed E-state index contributed by atoms with van der Waals surface area (Å²) in [5, 5.41) is 21.4. The maximum absolute atomic E-state index is 14.0. The number of carboxylic acids is 1. The molecular formula is C20H16ClFN2O5. The second-order valence-electron chi connectivity index (χ2n) is 6.38. The summed E-state index contributed by atoms with van der Waals surface area (Å²) in [6.07, 6.45) is -0.253. The van der Waals surface area contributed by atoms with Crippen LogP contribution < -0.4 is 5.32 Å². The molecular weight excluding hydrogens is 403 g/mol. The van der Waals surface area contributed by atoms with Crippen LogP contribution in [0.5, 0.6) is 5.75 Å². The molecule has 0 unspecified atom stereocenters. The van der Waals surface area contributed by atoms with E-state index in [0.29, 0.717) is 21.7 Å². The van der Waals surface area contributed by atoms with E-state index in [9.17, 15) is 23.9 Å². The molecule has 1 amide bonds. The van der Waals surface area contributed by atoms with Gasteiger partial charge >= 0.3 is 5.97 Å². The summed E-state index contributed by atoms with van der Waals surface area (Å²) < 4.78 is 15.3. The number of hydrogen-bond donors (Lipinski definition) is 3. The number of nitrogens with one attached hydrogen (secondary N) is 1. The third-order valence-electron chi connectivity index (χ3n) is 4.45. The quantitative estimate of drug-likeness (QED) is 0.590. The van der Waals surface area contributed by atoms with Crippen molar-refractivity contribution in [3.63, 3.8) is 0 Å². The topological polar surface area (TPSA) is 109 Å². The summed E-state index contributed by atoms with van der Waals surface area (Å²) in [6, 6.07) is 8.37. The first-order chi connectivity index (χ1) is 13.7. The fourth-order valence-electron chi connectivity index (χ4n) is 3.12. The summed E-state index contributed by atoms with van der Waals surface area (Å²) in [5.41, 5.74) is 1.16. The van der Waals surface area contributed by atoms with Gasteiger partial charge in [0.05, 0.1) is 11.9 Å². The molecule has 0 spiro atoms. The molecule has 0 aliphatic carbocycles. The Morgan fingerprint density at radius 1 is 1.21 bits per heavy atom. The van der Waals surface area contributed by atoms with Crippen LogP contribution in [0.3, 0.4) is 0 Å². The highest BCUT2D eigenvalue weighted by atomic mass is 35.5. The van der Waals surface area contributed by atoms with Crippen LogP contribution in [0, 0.1) is 12.7 Å². The predicted molar refractivity (Wildman–Crippen MR) is 104 cm³/mol. The molecule has 7 nitrogen and oxygen atoms in total. The number of rotatable bonds is 5. The third-order valence-corrected chi connectivity index (χ3v) is 4.69. The Kier molecular flexibility index (Phi) is 5.56. The number of nitrogens with zero attached hydrogens (tertiary/aromatic N) is 1. The van der Waals surface area contributed by atoms with E-state index in [0.717, 1.165) is 12.1 Å². The number of fused-ring (bicyclic) bond motifs is 1. The first-order valence-electron chi connectivity index (χ1n) is 8.50. The van der Waals surface area contributed by atoms with Gasteiger partial charge in [-0.1, -0.05) is 17.7 Å². The Balaban J connectivity index is 2.14. The summed E-state index contributed by atoms with van der Waals surface area (Å²) in [7, 11) is 0. The molecule has 1 aromatic heterocycles. The molecule has 1 heterocycles. The van der Waals surface area contributed by atoms with Crippen molar-refractivity contribution in [1.82, 2.24) is 9.88 Å². The monoisotopic (exact) mass is 418 g/mol. The van der Waals surface area contributed by atoms with Gasteiger partial charge in [0.15, 0.2) is 11.6 Å². The number of carbonyl (C=O) groups excluding carboxylic acids is 2. The van der Waals surface area contributed by atoms with Crippen molar-refractivity contribution >= 4 is 40.3 Å². The third kappa shape index (κ3) is 4.07. The zero-order valence-corrected chi connectivity index (χ0v) is 16.0. The van der Waals surface area contributed by atoms with Gasteiger partial charge in [-0.2, -0.15) is 0 Å². The molecule has 0 bridgehead atoms. The second kappa shape index (κ2) is 7.92. The van der Waals surface area contributed by atoms with Crippen molar-refractivity contribution in [3.8, 4) is 5.75 Å². The van der Waals surface area contributed by atoms with Crippen LogP contribution in [0.1, 0.15) is 21.6 Å². The largest absolute Gasteiger partial charge is 0.505 e. The van der Waals surface area contributed by atoms with Crippen LogP contribution in [0.25, 0.3) is 10.9 Å². The first kappa shape index (κ1) is 20.3. The van der Waals surface area contributed by atoms with E-state index in [4.69, 9.17) is 16.7 Å². The van der Waals surface area contributed by atoms with Gasteiger partial charge < -0.3 is 15.5 Å². The molecule has 3 rings (SSSR count). The minimum atomic E-state index is -1.20. The first-order valence-corrected chi connectivity index (χ1v) is 8.88. The zero-order chi connectivity index (χ0) is 21.3. The molecule has 0 radical (unpaired) electrons. The highest BCUT2D eigenvalue weighted by Gasteiger charge is 2.23. The minimum Gasteiger partial charge on any atom is -0.505 e. The molecule has 0 aliphatic heterocycles. The van der Waals surface area contributed by atoms with E-state index in [1.807, 2.05) is 0 Å².